The summed E-state index contributed by atoms with van der Waals surface area (Å²) in [5.74, 6) is -1.79. The summed E-state index contributed by atoms with van der Waals surface area (Å²) in [4.78, 5) is 20.8. The van der Waals surface area contributed by atoms with E-state index in [2.05, 4.69) is 11.3 Å². The molecule has 0 heterocycles. The van der Waals surface area contributed by atoms with Gasteiger partial charge in [0.25, 0.3) is 0 Å². The Bertz CT molecular complexity index is 195. The highest BCUT2D eigenvalue weighted by molar-refractivity contribution is 5.88. The predicted molar refractivity (Wildman–Crippen MR) is 42.6 cm³/mol. The van der Waals surface area contributed by atoms with Crippen molar-refractivity contribution in [2.75, 3.05) is 6.61 Å². The van der Waals surface area contributed by atoms with E-state index in [1.54, 1.807) is 0 Å². The van der Waals surface area contributed by atoms with Crippen molar-refractivity contribution in [1.29, 1.82) is 0 Å². The molecule has 0 unspecified atom stereocenters. The highest BCUT2D eigenvalue weighted by Crippen LogP contribution is 2.03. The summed E-state index contributed by atoms with van der Waals surface area (Å²) >= 11 is 0. The third kappa shape index (κ3) is 4.49. The molecule has 0 bridgehead atoms. The lowest BCUT2D eigenvalue weighted by Gasteiger charge is -2.02. The second kappa shape index (κ2) is 5.35. The van der Waals surface area contributed by atoms with Gasteiger partial charge in [0.2, 0.25) is 0 Å². The van der Waals surface area contributed by atoms with Crippen molar-refractivity contribution in [2.24, 2.45) is 0 Å². The molecule has 0 fully saturated rings. The maximum Gasteiger partial charge on any atom is 0.341 e. The summed E-state index contributed by atoms with van der Waals surface area (Å²) in [6.07, 6.45) is 1.33. The van der Waals surface area contributed by atoms with Crippen LogP contribution >= 0.6 is 0 Å². The molecule has 0 atom stereocenters. The van der Waals surface area contributed by atoms with Crippen LogP contribution in [0.25, 0.3) is 0 Å². The molecule has 68 valence electrons. The Morgan fingerprint density at radius 3 is 2.50 bits per heavy atom. The monoisotopic (exact) mass is 172 g/mol. The van der Waals surface area contributed by atoms with E-state index < -0.39 is 18.5 Å². The first-order valence-electron chi connectivity index (χ1n) is 3.64. The van der Waals surface area contributed by atoms with Gasteiger partial charge in [-0.1, -0.05) is 19.9 Å². The Kier molecular flexibility index (Phi) is 4.76. The van der Waals surface area contributed by atoms with Crippen molar-refractivity contribution in [2.45, 2.75) is 19.8 Å². The molecule has 12 heavy (non-hydrogen) atoms. The van der Waals surface area contributed by atoms with Gasteiger partial charge in [-0.2, -0.15) is 0 Å². The lowest BCUT2D eigenvalue weighted by molar-refractivity contribution is -0.152. The van der Waals surface area contributed by atoms with Crippen LogP contribution in [0.3, 0.4) is 0 Å². The zero-order valence-electron chi connectivity index (χ0n) is 7.00. The second-order valence-corrected chi connectivity index (χ2v) is 2.32. The number of aliphatic carboxylic acids is 1. The Hall–Kier alpha value is -1.32. The molecular weight excluding hydrogens is 160 g/mol. The van der Waals surface area contributed by atoms with Gasteiger partial charge in [-0.05, 0) is 6.42 Å². The SMILES string of the molecule is C=C(CCC)C(=O)OCC(=O)O. The van der Waals surface area contributed by atoms with E-state index in [4.69, 9.17) is 5.11 Å². The Balaban J connectivity index is 3.72. The average Bonchev–Trinajstić information content (AvgIpc) is 2.00. The molecule has 0 rings (SSSR count). The Morgan fingerprint density at radius 2 is 2.08 bits per heavy atom. The molecule has 0 aromatic carbocycles. The summed E-state index contributed by atoms with van der Waals surface area (Å²) < 4.78 is 4.38. The van der Waals surface area contributed by atoms with Gasteiger partial charge in [0.05, 0.1) is 0 Å². The molecule has 1 N–H and O–H groups in total. The van der Waals surface area contributed by atoms with Gasteiger partial charge in [-0.3, -0.25) is 0 Å². The van der Waals surface area contributed by atoms with Crippen LogP contribution in [-0.4, -0.2) is 23.7 Å². The number of hydrogen-bond donors (Lipinski definition) is 1. The third-order valence-electron chi connectivity index (χ3n) is 1.17. The number of esters is 1. The van der Waals surface area contributed by atoms with Crippen LogP contribution in [0.4, 0.5) is 0 Å². The van der Waals surface area contributed by atoms with Crippen LogP contribution in [-0.2, 0) is 14.3 Å². The number of carboxylic acid groups (broad SMARTS) is 1. The quantitative estimate of drug-likeness (QED) is 0.495. The molecule has 0 amide bonds. The maximum atomic E-state index is 10.9. The minimum absolute atomic E-state index is 0.318. The molecule has 4 heteroatoms. The lowest BCUT2D eigenvalue weighted by atomic mass is 10.2. The molecule has 0 aliphatic carbocycles. The van der Waals surface area contributed by atoms with Crippen molar-refractivity contribution in [3.63, 3.8) is 0 Å². The number of hydrogen-bond acceptors (Lipinski definition) is 3. The zero-order chi connectivity index (χ0) is 9.56. The maximum absolute atomic E-state index is 10.9. The van der Waals surface area contributed by atoms with Crippen molar-refractivity contribution in [3.8, 4) is 0 Å². The highest BCUT2D eigenvalue weighted by atomic mass is 16.5. The average molecular weight is 172 g/mol. The molecule has 0 radical (unpaired) electrons. The molecule has 0 aromatic heterocycles. The Labute approximate surface area is 70.8 Å². The number of carbonyl (C=O) groups excluding carboxylic acids is 1. The van der Waals surface area contributed by atoms with E-state index in [-0.39, 0.29) is 0 Å². The molecule has 0 saturated heterocycles. The van der Waals surface area contributed by atoms with E-state index in [0.29, 0.717) is 12.0 Å². The summed E-state index contributed by atoms with van der Waals surface area (Å²) in [7, 11) is 0. The van der Waals surface area contributed by atoms with Gasteiger partial charge >= 0.3 is 11.9 Å². The van der Waals surface area contributed by atoms with Gasteiger partial charge in [0.15, 0.2) is 6.61 Å². The van der Waals surface area contributed by atoms with Crippen molar-refractivity contribution < 1.29 is 19.4 Å². The fraction of sp³-hybridized carbons (Fsp3) is 0.500. The van der Waals surface area contributed by atoms with Crippen LogP contribution in [0.5, 0.6) is 0 Å². The first kappa shape index (κ1) is 10.7. The number of carboxylic acids is 1. The first-order valence-corrected chi connectivity index (χ1v) is 3.64. The minimum atomic E-state index is -1.16. The fourth-order valence-electron chi connectivity index (χ4n) is 0.633. The summed E-state index contributed by atoms with van der Waals surface area (Å²) in [6, 6.07) is 0. The minimum Gasteiger partial charge on any atom is -0.479 e. The smallest absolute Gasteiger partial charge is 0.341 e. The molecular formula is C8H12O4. The number of ether oxygens (including phenoxy) is 1. The van der Waals surface area contributed by atoms with E-state index in [0.717, 1.165) is 6.42 Å². The summed E-state index contributed by atoms with van der Waals surface area (Å²) in [6.45, 7) is 4.76. The summed E-state index contributed by atoms with van der Waals surface area (Å²) in [5, 5.41) is 8.17. The van der Waals surface area contributed by atoms with Crippen LogP contribution in [0.2, 0.25) is 0 Å². The van der Waals surface area contributed by atoms with Gasteiger partial charge < -0.3 is 9.84 Å². The normalized spacial score (nSPS) is 9.08. The van der Waals surface area contributed by atoms with E-state index in [9.17, 15) is 9.59 Å². The van der Waals surface area contributed by atoms with Crippen molar-refractivity contribution >= 4 is 11.9 Å². The molecule has 4 nitrogen and oxygen atoms in total. The third-order valence-corrected chi connectivity index (χ3v) is 1.17. The van der Waals surface area contributed by atoms with E-state index in [1.165, 1.54) is 0 Å². The zero-order valence-corrected chi connectivity index (χ0v) is 7.00. The lowest BCUT2D eigenvalue weighted by Crippen LogP contribution is -2.14. The fourth-order valence-corrected chi connectivity index (χ4v) is 0.633. The second-order valence-electron chi connectivity index (χ2n) is 2.32. The Morgan fingerprint density at radius 1 is 1.50 bits per heavy atom. The first-order chi connectivity index (χ1) is 5.57. The number of rotatable bonds is 5. The predicted octanol–water partition coefficient (Wildman–Crippen LogP) is 0.970. The highest BCUT2D eigenvalue weighted by Gasteiger charge is 2.08. The number of carbonyl (C=O) groups is 2. The molecule has 0 aliphatic rings. The summed E-state index contributed by atoms with van der Waals surface area (Å²) in [5.41, 5.74) is 0.318. The van der Waals surface area contributed by atoms with Gasteiger partial charge in [-0.15, -0.1) is 0 Å². The largest absolute Gasteiger partial charge is 0.479 e. The van der Waals surface area contributed by atoms with Gasteiger partial charge in [0, 0.05) is 5.57 Å². The standard InChI is InChI=1S/C8H12O4/c1-3-4-6(2)8(11)12-5-7(9)10/h2-5H2,1H3,(H,9,10). The van der Waals surface area contributed by atoms with Gasteiger partial charge in [-0.25, -0.2) is 9.59 Å². The molecule has 0 spiro atoms. The van der Waals surface area contributed by atoms with Crippen molar-refractivity contribution in [1.82, 2.24) is 0 Å². The molecule has 0 aliphatic heterocycles. The van der Waals surface area contributed by atoms with Crippen LogP contribution < -0.4 is 0 Å². The molecule has 0 aromatic rings. The van der Waals surface area contributed by atoms with Crippen LogP contribution in [0.1, 0.15) is 19.8 Å². The van der Waals surface area contributed by atoms with Gasteiger partial charge in [0.1, 0.15) is 0 Å². The topological polar surface area (TPSA) is 63.6 Å². The van der Waals surface area contributed by atoms with E-state index >= 15 is 0 Å². The van der Waals surface area contributed by atoms with Crippen LogP contribution in [0, 0.1) is 0 Å². The van der Waals surface area contributed by atoms with Crippen molar-refractivity contribution in [3.05, 3.63) is 12.2 Å². The van der Waals surface area contributed by atoms with Crippen LogP contribution in [0.15, 0.2) is 12.2 Å². The molecule has 0 saturated carbocycles. The van der Waals surface area contributed by atoms with E-state index in [1.807, 2.05) is 6.92 Å².